The van der Waals surface area contributed by atoms with Gasteiger partial charge in [-0.25, -0.2) is 0 Å². The first-order valence-electron chi connectivity index (χ1n) is 6.66. The first-order valence-corrected chi connectivity index (χ1v) is 6.66. The molecule has 4 nitrogen and oxygen atoms in total. The van der Waals surface area contributed by atoms with Gasteiger partial charge in [0.15, 0.2) is 0 Å². The molecule has 1 fully saturated rings. The van der Waals surface area contributed by atoms with Crippen LogP contribution in [-0.2, 0) is 0 Å². The first-order chi connectivity index (χ1) is 9.77. The fourth-order valence-electron chi connectivity index (χ4n) is 2.28. The average Bonchev–Trinajstić information content (AvgIpc) is 2.37. The largest absolute Gasteiger partial charge is 0.573 e. The van der Waals surface area contributed by atoms with E-state index in [1.807, 2.05) is 6.92 Å². The predicted octanol–water partition coefficient (Wildman–Crippen LogP) is 2.46. The van der Waals surface area contributed by atoms with E-state index in [1.165, 1.54) is 12.1 Å². The first kappa shape index (κ1) is 15.6. The van der Waals surface area contributed by atoms with Gasteiger partial charge >= 0.3 is 6.36 Å². The van der Waals surface area contributed by atoms with E-state index in [2.05, 4.69) is 15.4 Å². The van der Waals surface area contributed by atoms with Crippen molar-refractivity contribution in [3.8, 4) is 5.75 Å². The lowest BCUT2D eigenvalue weighted by Gasteiger charge is -2.35. The standard InChI is InChI=1S/C14H17F3N2O2/c1-13(5-7-18-8-6-13)19-12(20)10-3-2-4-11(9-10)21-14(15,16)17/h2-4,9,18H,5-8H2,1H3,(H,19,20). The van der Waals surface area contributed by atoms with Gasteiger partial charge in [-0.1, -0.05) is 6.07 Å². The number of carbonyl (C=O) groups is 1. The fraction of sp³-hybridized carbons (Fsp3) is 0.500. The van der Waals surface area contributed by atoms with Gasteiger partial charge in [-0.2, -0.15) is 0 Å². The zero-order valence-corrected chi connectivity index (χ0v) is 11.6. The van der Waals surface area contributed by atoms with Gasteiger partial charge in [0.1, 0.15) is 5.75 Å². The Morgan fingerprint density at radius 1 is 1.33 bits per heavy atom. The minimum atomic E-state index is -4.77. The fourth-order valence-corrected chi connectivity index (χ4v) is 2.28. The van der Waals surface area contributed by atoms with Crippen molar-refractivity contribution in [3.05, 3.63) is 29.8 Å². The summed E-state index contributed by atoms with van der Waals surface area (Å²) < 4.78 is 40.4. The Hall–Kier alpha value is -1.76. The number of alkyl halides is 3. The van der Waals surface area contributed by atoms with Crippen LogP contribution in [0.1, 0.15) is 30.1 Å². The van der Waals surface area contributed by atoms with E-state index in [4.69, 9.17) is 0 Å². The van der Waals surface area contributed by atoms with Crippen molar-refractivity contribution in [2.45, 2.75) is 31.7 Å². The van der Waals surface area contributed by atoms with Crippen LogP contribution in [0.5, 0.6) is 5.75 Å². The van der Waals surface area contributed by atoms with Gasteiger partial charge in [-0.3, -0.25) is 4.79 Å². The molecule has 0 spiro atoms. The highest BCUT2D eigenvalue weighted by molar-refractivity contribution is 5.95. The number of hydrogen-bond donors (Lipinski definition) is 2. The van der Waals surface area contributed by atoms with E-state index in [-0.39, 0.29) is 11.1 Å². The number of piperidine rings is 1. The van der Waals surface area contributed by atoms with E-state index >= 15 is 0 Å². The third-order valence-electron chi connectivity index (χ3n) is 3.45. The number of halogens is 3. The normalized spacial score (nSPS) is 18.1. The summed E-state index contributed by atoms with van der Waals surface area (Å²) in [4.78, 5) is 12.2. The summed E-state index contributed by atoms with van der Waals surface area (Å²) in [5.41, 5.74) is -0.194. The molecule has 0 unspecified atom stereocenters. The average molecular weight is 302 g/mol. The lowest BCUT2D eigenvalue weighted by Crippen LogP contribution is -2.52. The molecule has 0 radical (unpaired) electrons. The quantitative estimate of drug-likeness (QED) is 0.902. The van der Waals surface area contributed by atoms with Crippen LogP contribution in [0.4, 0.5) is 13.2 Å². The molecule has 116 valence electrons. The molecule has 1 saturated heterocycles. The molecule has 1 amide bonds. The summed E-state index contributed by atoms with van der Waals surface area (Å²) in [6.07, 6.45) is -3.22. The topological polar surface area (TPSA) is 50.4 Å². The number of ether oxygens (including phenoxy) is 1. The number of nitrogens with one attached hydrogen (secondary N) is 2. The van der Waals surface area contributed by atoms with Crippen LogP contribution in [0, 0.1) is 0 Å². The smallest absolute Gasteiger partial charge is 0.406 e. The van der Waals surface area contributed by atoms with Crippen LogP contribution in [0.25, 0.3) is 0 Å². The molecule has 1 aliphatic heterocycles. The second-order valence-electron chi connectivity index (χ2n) is 5.34. The van der Waals surface area contributed by atoms with Gasteiger partial charge < -0.3 is 15.4 Å². The second kappa shape index (κ2) is 5.93. The maximum absolute atomic E-state index is 12.2. The van der Waals surface area contributed by atoms with E-state index in [0.717, 1.165) is 38.1 Å². The molecule has 1 heterocycles. The summed E-state index contributed by atoms with van der Waals surface area (Å²) in [5, 5.41) is 6.08. The third-order valence-corrected chi connectivity index (χ3v) is 3.45. The Kier molecular flexibility index (Phi) is 4.41. The van der Waals surface area contributed by atoms with Crippen LogP contribution in [0.3, 0.4) is 0 Å². The molecule has 0 aliphatic carbocycles. The monoisotopic (exact) mass is 302 g/mol. The van der Waals surface area contributed by atoms with Gasteiger partial charge in [0, 0.05) is 11.1 Å². The SMILES string of the molecule is CC1(NC(=O)c2cccc(OC(F)(F)F)c2)CCNCC1. The van der Waals surface area contributed by atoms with Crippen LogP contribution in [0.15, 0.2) is 24.3 Å². The summed E-state index contributed by atoms with van der Waals surface area (Å²) in [6, 6.07) is 5.08. The van der Waals surface area contributed by atoms with Gasteiger partial charge in [-0.15, -0.1) is 13.2 Å². The van der Waals surface area contributed by atoms with Gasteiger partial charge in [0.2, 0.25) is 0 Å². The lowest BCUT2D eigenvalue weighted by atomic mass is 9.90. The van der Waals surface area contributed by atoms with Gasteiger partial charge in [-0.05, 0) is 51.1 Å². The van der Waals surface area contributed by atoms with Gasteiger partial charge in [0.25, 0.3) is 5.91 Å². The summed E-state index contributed by atoms with van der Waals surface area (Å²) in [7, 11) is 0. The van der Waals surface area contributed by atoms with Crippen LogP contribution in [-0.4, -0.2) is 30.9 Å². The number of amides is 1. The Bertz CT molecular complexity index is 511. The molecule has 0 aromatic heterocycles. The summed E-state index contributed by atoms with van der Waals surface area (Å²) in [5.74, 6) is -0.794. The van der Waals surface area contributed by atoms with Crippen molar-refractivity contribution >= 4 is 5.91 Å². The minimum absolute atomic E-state index is 0.150. The molecule has 0 atom stereocenters. The van der Waals surface area contributed by atoms with Gasteiger partial charge in [0.05, 0.1) is 0 Å². The van der Waals surface area contributed by atoms with Crippen molar-refractivity contribution in [2.75, 3.05) is 13.1 Å². The maximum atomic E-state index is 12.2. The molecule has 2 rings (SSSR count). The molecule has 7 heteroatoms. The molecule has 2 N–H and O–H groups in total. The molecular formula is C14H17F3N2O2. The Balaban J connectivity index is 2.07. The molecule has 1 aliphatic rings. The van der Waals surface area contributed by atoms with Crippen molar-refractivity contribution in [1.29, 1.82) is 0 Å². The van der Waals surface area contributed by atoms with Crippen molar-refractivity contribution in [2.24, 2.45) is 0 Å². The molecule has 0 bridgehead atoms. The number of hydrogen-bond acceptors (Lipinski definition) is 3. The highest BCUT2D eigenvalue weighted by Crippen LogP contribution is 2.24. The van der Waals surface area contributed by atoms with E-state index < -0.39 is 18.0 Å². The molecular weight excluding hydrogens is 285 g/mol. The molecule has 1 aromatic rings. The Morgan fingerprint density at radius 3 is 2.62 bits per heavy atom. The zero-order chi connectivity index (χ0) is 15.5. The highest BCUT2D eigenvalue weighted by atomic mass is 19.4. The number of rotatable bonds is 3. The molecule has 21 heavy (non-hydrogen) atoms. The van der Waals surface area contributed by atoms with Crippen molar-refractivity contribution in [1.82, 2.24) is 10.6 Å². The maximum Gasteiger partial charge on any atom is 0.573 e. The van der Waals surface area contributed by atoms with Crippen molar-refractivity contribution < 1.29 is 22.7 Å². The van der Waals surface area contributed by atoms with Crippen LogP contribution in [0.2, 0.25) is 0 Å². The second-order valence-corrected chi connectivity index (χ2v) is 5.34. The Morgan fingerprint density at radius 2 is 2.00 bits per heavy atom. The number of benzene rings is 1. The zero-order valence-electron chi connectivity index (χ0n) is 11.6. The van der Waals surface area contributed by atoms with Crippen LogP contribution >= 0.6 is 0 Å². The molecule has 1 aromatic carbocycles. The van der Waals surface area contributed by atoms with E-state index in [9.17, 15) is 18.0 Å². The summed E-state index contributed by atoms with van der Waals surface area (Å²) in [6.45, 7) is 3.53. The minimum Gasteiger partial charge on any atom is -0.406 e. The summed E-state index contributed by atoms with van der Waals surface area (Å²) >= 11 is 0. The third kappa shape index (κ3) is 4.63. The predicted molar refractivity (Wildman–Crippen MR) is 71.1 cm³/mol. The Labute approximate surface area is 120 Å². The van der Waals surface area contributed by atoms with Crippen molar-refractivity contribution in [3.63, 3.8) is 0 Å². The molecule has 0 saturated carbocycles. The highest BCUT2D eigenvalue weighted by Gasteiger charge is 2.32. The van der Waals surface area contributed by atoms with Crippen LogP contribution < -0.4 is 15.4 Å². The van der Waals surface area contributed by atoms with E-state index in [0.29, 0.717) is 0 Å². The van der Waals surface area contributed by atoms with E-state index in [1.54, 1.807) is 0 Å². The number of carbonyl (C=O) groups excluding carboxylic acids is 1. The lowest BCUT2D eigenvalue weighted by molar-refractivity contribution is -0.274.